The first-order chi connectivity index (χ1) is 13.9. The number of hydrogen-bond donors (Lipinski definition) is 0. The maximum absolute atomic E-state index is 6.34. The van der Waals surface area contributed by atoms with Crippen molar-refractivity contribution >= 4 is 34.1 Å². The van der Waals surface area contributed by atoms with Crippen molar-refractivity contribution in [1.29, 1.82) is 0 Å². The number of fused-ring (bicyclic) bond motifs is 3. The minimum absolute atomic E-state index is 0.354. The monoisotopic (exact) mass is 380 g/mol. The summed E-state index contributed by atoms with van der Waals surface area (Å²) in [5, 5.41) is 5.08. The van der Waals surface area contributed by atoms with Gasteiger partial charge in [-0.05, 0) is 71.9 Å². The van der Waals surface area contributed by atoms with Gasteiger partial charge in [-0.25, -0.2) is 0 Å². The zero-order valence-corrected chi connectivity index (χ0v) is 17.4. The molecule has 1 saturated heterocycles. The van der Waals surface area contributed by atoms with Gasteiger partial charge in [0.1, 0.15) is 0 Å². The summed E-state index contributed by atoms with van der Waals surface area (Å²) < 4.78 is 12.7. The second-order valence-corrected chi connectivity index (χ2v) is 8.90. The summed E-state index contributed by atoms with van der Waals surface area (Å²) in [7, 11) is -0.372. The van der Waals surface area contributed by atoms with E-state index in [-0.39, 0.29) is 18.3 Å². The van der Waals surface area contributed by atoms with Gasteiger partial charge < -0.3 is 9.31 Å². The molecule has 0 aromatic heterocycles. The van der Waals surface area contributed by atoms with E-state index >= 15 is 0 Å². The average molecular weight is 380 g/mol. The fourth-order valence-corrected chi connectivity index (χ4v) is 4.12. The zero-order chi connectivity index (χ0) is 20.2. The standard InChI is InChI=1S/C26H25BO2/c1-25(2)26(3,4)29-27(28-25)24-12-8-7-11-23(24)20-15-16-22-19(17-20)14-13-18-9-5-6-10-21(18)22/h5-17H,1-4H3. The average Bonchev–Trinajstić information content (AvgIpc) is 2.94. The number of benzene rings is 4. The topological polar surface area (TPSA) is 18.5 Å². The first-order valence-electron chi connectivity index (χ1n) is 10.2. The molecule has 0 atom stereocenters. The third kappa shape index (κ3) is 2.97. The molecule has 0 saturated carbocycles. The minimum Gasteiger partial charge on any atom is -0.399 e. The summed E-state index contributed by atoms with van der Waals surface area (Å²) >= 11 is 0. The lowest BCUT2D eigenvalue weighted by molar-refractivity contribution is 0.00578. The Morgan fingerprint density at radius 1 is 0.621 bits per heavy atom. The largest absolute Gasteiger partial charge is 0.495 e. The van der Waals surface area contributed by atoms with Gasteiger partial charge in [-0.2, -0.15) is 0 Å². The van der Waals surface area contributed by atoms with Crippen molar-refractivity contribution < 1.29 is 9.31 Å². The Morgan fingerprint density at radius 2 is 1.24 bits per heavy atom. The van der Waals surface area contributed by atoms with Gasteiger partial charge in [0, 0.05) is 0 Å². The Morgan fingerprint density at radius 3 is 2.03 bits per heavy atom. The van der Waals surface area contributed by atoms with E-state index in [9.17, 15) is 0 Å². The molecule has 1 aliphatic rings. The Labute approximate surface area is 172 Å². The van der Waals surface area contributed by atoms with E-state index in [4.69, 9.17) is 9.31 Å². The highest BCUT2D eigenvalue weighted by molar-refractivity contribution is 6.63. The molecule has 29 heavy (non-hydrogen) atoms. The van der Waals surface area contributed by atoms with Crippen LogP contribution in [0.5, 0.6) is 0 Å². The van der Waals surface area contributed by atoms with Gasteiger partial charge in [0.05, 0.1) is 11.2 Å². The van der Waals surface area contributed by atoms with Gasteiger partial charge >= 0.3 is 7.12 Å². The molecule has 1 aliphatic heterocycles. The molecule has 0 amide bonds. The second kappa shape index (κ2) is 6.45. The first-order valence-corrected chi connectivity index (χ1v) is 10.2. The van der Waals surface area contributed by atoms with Crippen molar-refractivity contribution in [2.24, 2.45) is 0 Å². The predicted octanol–water partition coefficient (Wildman–Crippen LogP) is 5.96. The molecule has 0 unspecified atom stereocenters. The molecule has 4 aromatic rings. The maximum Gasteiger partial charge on any atom is 0.495 e. The van der Waals surface area contributed by atoms with Crippen LogP contribution in [-0.2, 0) is 9.31 Å². The number of hydrogen-bond acceptors (Lipinski definition) is 2. The normalized spacial score (nSPS) is 17.9. The summed E-state index contributed by atoms with van der Waals surface area (Å²) in [4.78, 5) is 0. The van der Waals surface area contributed by atoms with Gasteiger partial charge in [0.15, 0.2) is 0 Å². The summed E-state index contributed by atoms with van der Waals surface area (Å²) in [6.45, 7) is 8.38. The summed E-state index contributed by atoms with van der Waals surface area (Å²) in [5.74, 6) is 0. The summed E-state index contributed by atoms with van der Waals surface area (Å²) in [6, 6.07) is 28.1. The molecule has 5 rings (SSSR count). The van der Waals surface area contributed by atoms with Crippen molar-refractivity contribution in [2.45, 2.75) is 38.9 Å². The molecule has 4 aromatic carbocycles. The van der Waals surface area contributed by atoms with Crippen molar-refractivity contribution in [3.63, 3.8) is 0 Å². The van der Waals surface area contributed by atoms with Crippen LogP contribution in [0.2, 0.25) is 0 Å². The van der Waals surface area contributed by atoms with E-state index in [1.54, 1.807) is 0 Å². The zero-order valence-electron chi connectivity index (χ0n) is 17.4. The van der Waals surface area contributed by atoms with E-state index in [1.807, 2.05) is 0 Å². The van der Waals surface area contributed by atoms with E-state index < -0.39 is 0 Å². The van der Waals surface area contributed by atoms with E-state index in [0.29, 0.717) is 0 Å². The third-order valence-corrected chi connectivity index (χ3v) is 6.52. The van der Waals surface area contributed by atoms with E-state index in [1.165, 1.54) is 27.1 Å². The molecule has 1 heterocycles. The van der Waals surface area contributed by atoms with Crippen molar-refractivity contribution in [3.05, 3.63) is 78.9 Å². The third-order valence-electron chi connectivity index (χ3n) is 6.52. The van der Waals surface area contributed by atoms with Crippen LogP contribution in [-0.4, -0.2) is 18.3 Å². The molecule has 0 N–H and O–H groups in total. The lowest BCUT2D eigenvalue weighted by Gasteiger charge is -2.32. The Balaban J connectivity index is 1.62. The molecule has 3 heteroatoms. The lowest BCUT2D eigenvalue weighted by Crippen LogP contribution is -2.41. The van der Waals surface area contributed by atoms with Crippen LogP contribution in [0.25, 0.3) is 32.7 Å². The van der Waals surface area contributed by atoms with Gasteiger partial charge in [0.2, 0.25) is 0 Å². The lowest BCUT2D eigenvalue weighted by atomic mass is 9.74. The Bertz CT molecular complexity index is 1210. The van der Waals surface area contributed by atoms with Crippen LogP contribution in [0, 0.1) is 0 Å². The van der Waals surface area contributed by atoms with Gasteiger partial charge in [-0.1, -0.05) is 72.8 Å². The van der Waals surface area contributed by atoms with Gasteiger partial charge in [0.25, 0.3) is 0 Å². The molecule has 0 bridgehead atoms. The highest BCUT2D eigenvalue weighted by Crippen LogP contribution is 2.37. The molecule has 144 valence electrons. The minimum atomic E-state index is -0.372. The van der Waals surface area contributed by atoms with E-state index in [2.05, 4.69) is 107 Å². The van der Waals surface area contributed by atoms with Crippen LogP contribution in [0.3, 0.4) is 0 Å². The predicted molar refractivity (Wildman–Crippen MR) is 123 cm³/mol. The second-order valence-electron chi connectivity index (χ2n) is 8.90. The highest BCUT2D eigenvalue weighted by Gasteiger charge is 2.52. The molecule has 0 radical (unpaired) electrons. The maximum atomic E-state index is 6.34. The smallest absolute Gasteiger partial charge is 0.399 e. The Hall–Kier alpha value is -2.62. The van der Waals surface area contributed by atoms with Crippen LogP contribution < -0.4 is 5.46 Å². The van der Waals surface area contributed by atoms with Gasteiger partial charge in [-0.15, -0.1) is 0 Å². The van der Waals surface area contributed by atoms with Crippen LogP contribution >= 0.6 is 0 Å². The summed E-state index contributed by atoms with van der Waals surface area (Å²) in [5.41, 5.74) is 2.70. The molecular weight excluding hydrogens is 355 g/mol. The van der Waals surface area contributed by atoms with Gasteiger partial charge in [-0.3, -0.25) is 0 Å². The molecular formula is C26H25BO2. The van der Waals surface area contributed by atoms with Crippen LogP contribution in [0.1, 0.15) is 27.7 Å². The van der Waals surface area contributed by atoms with Crippen molar-refractivity contribution in [1.82, 2.24) is 0 Å². The van der Waals surface area contributed by atoms with Crippen molar-refractivity contribution in [2.75, 3.05) is 0 Å². The fraction of sp³-hybridized carbons (Fsp3) is 0.231. The Kier molecular flexibility index (Phi) is 4.09. The van der Waals surface area contributed by atoms with Crippen LogP contribution in [0.15, 0.2) is 78.9 Å². The first kappa shape index (κ1) is 18.4. The highest BCUT2D eigenvalue weighted by atomic mass is 16.7. The SMILES string of the molecule is CC1(C)OB(c2ccccc2-c2ccc3c(ccc4ccccc43)c2)OC1(C)C. The molecule has 0 aliphatic carbocycles. The molecule has 1 fully saturated rings. The van der Waals surface area contributed by atoms with Crippen LogP contribution in [0.4, 0.5) is 0 Å². The number of rotatable bonds is 2. The summed E-state index contributed by atoms with van der Waals surface area (Å²) in [6.07, 6.45) is 0. The fourth-order valence-electron chi connectivity index (χ4n) is 4.12. The van der Waals surface area contributed by atoms with Crippen molar-refractivity contribution in [3.8, 4) is 11.1 Å². The quantitative estimate of drug-likeness (QED) is 0.316. The molecule has 0 spiro atoms. The molecule has 2 nitrogen and oxygen atoms in total. The van der Waals surface area contributed by atoms with E-state index in [0.717, 1.165) is 11.0 Å².